The summed E-state index contributed by atoms with van der Waals surface area (Å²) in [5.74, 6) is 0.198. The first-order valence-electron chi connectivity index (χ1n) is 8.43. The molecule has 7 nitrogen and oxygen atoms in total. The van der Waals surface area contributed by atoms with Crippen LogP contribution in [0.3, 0.4) is 0 Å². The molecule has 0 aliphatic carbocycles. The number of rotatable bonds is 6. The first-order chi connectivity index (χ1) is 10.9. The topological polar surface area (TPSA) is 79.0 Å². The van der Waals surface area contributed by atoms with Crippen LogP contribution in [0.1, 0.15) is 39.5 Å². The zero-order chi connectivity index (χ0) is 17.0. The van der Waals surface area contributed by atoms with Crippen molar-refractivity contribution in [2.24, 2.45) is 5.92 Å². The molecule has 2 saturated heterocycles. The van der Waals surface area contributed by atoms with E-state index in [9.17, 15) is 13.2 Å². The van der Waals surface area contributed by atoms with Crippen LogP contribution in [0.5, 0.6) is 0 Å². The van der Waals surface area contributed by atoms with Crippen LogP contribution in [0.2, 0.25) is 0 Å². The summed E-state index contributed by atoms with van der Waals surface area (Å²) in [6.45, 7) is 5.69. The summed E-state index contributed by atoms with van der Waals surface area (Å²) in [5, 5.41) is 0. The van der Waals surface area contributed by atoms with E-state index in [0.717, 1.165) is 25.7 Å². The van der Waals surface area contributed by atoms with Gasteiger partial charge in [0.15, 0.2) is 0 Å². The van der Waals surface area contributed by atoms with Gasteiger partial charge in [-0.2, -0.15) is 17.4 Å². The van der Waals surface area contributed by atoms with Gasteiger partial charge in [-0.25, -0.2) is 0 Å². The van der Waals surface area contributed by atoms with Crippen LogP contribution in [0.25, 0.3) is 0 Å². The summed E-state index contributed by atoms with van der Waals surface area (Å²) in [5.41, 5.74) is 0. The lowest BCUT2D eigenvalue weighted by molar-refractivity contribution is -0.127. The second-order valence-electron chi connectivity index (χ2n) is 6.54. The molecule has 134 valence electrons. The number of ether oxygens (including phenoxy) is 1. The minimum atomic E-state index is -3.51. The number of piperidine rings is 1. The number of hydrogen-bond donors (Lipinski definition) is 1. The number of methoxy groups -OCH3 is 1. The van der Waals surface area contributed by atoms with Crippen LogP contribution < -0.4 is 4.72 Å². The van der Waals surface area contributed by atoms with Crippen LogP contribution in [0.15, 0.2) is 0 Å². The summed E-state index contributed by atoms with van der Waals surface area (Å²) in [4.78, 5) is 13.3. The number of hydrogen-bond acceptors (Lipinski definition) is 4. The van der Waals surface area contributed by atoms with Crippen molar-refractivity contribution in [1.82, 2.24) is 13.9 Å². The van der Waals surface area contributed by atoms with Gasteiger partial charge in [0.05, 0.1) is 6.10 Å². The molecule has 23 heavy (non-hydrogen) atoms. The largest absolute Gasteiger partial charge is 0.381 e. The summed E-state index contributed by atoms with van der Waals surface area (Å²) in [7, 11) is -1.84. The molecule has 0 saturated carbocycles. The Morgan fingerprint density at radius 1 is 1.26 bits per heavy atom. The summed E-state index contributed by atoms with van der Waals surface area (Å²) in [6, 6.07) is -0.191. The molecule has 2 fully saturated rings. The molecule has 0 aromatic heterocycles. The first kappa shape index (κ1) is 18.6. The highest BCUT2D eigenvalue weighted by molar-refractivity contribution is 7.87. The highest BCUT2D eigenvalue weighted by atomic mass is 32.2. The Morgan fingerprint density at radius 2 is 1.91 bits per heavy atom. The van der Waals surface area contributed by atoms with E-state index in [1.807, 2.05) is 0 Å². The molecule has 2 rings (SSSR count). The number of carbonyl (C=O) groups excluding carboxylic acids is 1. The van der Waals surface area contributed by atoms with E-state index in [2.05, 4.69) is 11.6 Å². The van der Waals surface area contributed by atoms with Crippen LogP contribution in [-0.4, -0.2) is 69.0 Å². The van der Waals surface area contributed by atoms with Gasteiger partial charge < -0.3 is 9.64 Å². The van der Waals surface area contributed by atoms with Crippen molar-refractivity contribution < 1.29 is 17.9 Å². The van der Waals surface area contributed by atoms with Gasteiger partial charge in [0.25, 0.3) is 10.2 Å². The molecule has 0 unspecified atom stereocenters. The zero-order valence-electron chi connectivity index (χ0n) is 14.3. The smallest absolute Gasteiger partial charge is 0.279 e. The minimum Gasteiger partial charge on any atom is -0.381 e. The predicted molar refractivity (Wildman–Crippen MR) is 88.1 cm³/mol. The molecule has 2 heterocycles. The zero-order valence-corrected chi connectivity index (χ0v) is 15.1. The van der Waals surface area contributed by atoms with Gasteiger partial charge in [-0.1, -0.05) is 13.3 Å². The van der Waals surface area contributed by atoms with Crippen molar-refractivity contribution in [2.75, 3.05) is 33.3 Å². The molecule has 2 aliphatic rings. The van der Waals surface area contributed by atoms with E-state index >= 15 is 0 Å². The van der Waals surface area contributed by atoms with E-state index in [-0.39, 0.29) is 24.0 Å². The third kappa shape index (κ3) is 4.65. The second-order valence-corrected chi connectivity index (χ2v) is 8.24. The maximum absolute atomic E-state index is 12.6. The maximum Gasteiger partial charge on any atom is 0.279 e. The molecule has 0 aromatic carbocycles. The molecule has 0 radical (unpaired) electrons. The van der Waals surface area contributed by atoms with Gasteiger partial charge in [0.2, 0.25) is 5.91 Å². The lowest BCUT2D eigenvalue weighted by Gasteiger charge is -2.32. The first-order valence-corrected chi connectivity index (χ1v) is 9.87. The normalized spacial score (nSPS) is 27.5. The van der Waals surface area contributed by atoms with Gasteiger partial charge in [-0.15, -0.1) is 0 Å². The van der Waals surface area contributed by atoms with E-state index in [1.54, 1.807) is 12.0 Å². The fourth-order valence-electron chi connectivity index (χ4n) is 3.50. The number of amides is 1. The average molecular weight is 347 g/mol. The molecule has 2 aliphatic heterocycles. The minimum absolute atomic E-state index is 0.00806. The van der Waals surface area contributed by atoms with Crippen molar-refractivity contribution in [3.63, 3.8) is 0 Å². The Bertz CT molecular complexity index is 503. The number of nitrogens with one attached hydrogen (secondary N) is 1. The number of carbonyl (C=O) groups is 1. The van der Waals surface area contributed by atoms with Crippen LogP contribution in [-0.2, 0) is 19.7 Å². The Kier molecular flexibility index (Phi) is 6.41. The van der Waals surface area contributed by atoms with E-state index < -0.39 is 10.2 Å². The Labute approximate surface area is 139 Å². The second kappa shape index (κ2) is 7.92. The highest BCUT2D eigenvalue weighted by Gasteiger charge is 2.38. The van der Waals surface area contributed by atoms with Crippen molar-refractivity contribution in [3.05, 3.63) is 0 Å². The summed E-state index contributed by atoms with van der Waals surface area (Å²) in [6.07, 6.45) is 3.49. The molecular formula is C15H29N3O4S. The van der Waals surface area contributed by atoms with Gasteiger partial charge in [0, 0.05) is 46.3 Å². The molecule has 2 atom stereocenters. The molecule has 0 bridgehead atoms. The highest BCUT2D eigenvalue weighted by Crippen LogP contribution is 2.24. The lowest BCUT2D eigenvalue weighted by Crippen LogP contribution is -2.51. The summed E-state index contributed by atoms with van der Waals surface area (Å²) < 4.78 is 34.9. The SMILES string of the molecule is CCC[C@H]1CN(C(C)=O)C[C@@H]1NS(=O)(=O)N1CCC(OC)CC1. The van der Waals surface area contributed by atoms with Crippen molar-refractivity contribution in [1.29, 1.82) is 0 Å². The van der Waals surface area contributed by atoms with Crippen LogP contribution in [0.4, 0.5) is 0 Å². The van der Waals surface area contributed by atoms with E-state index in [4.69, 9.17) is 4.74 Å². The van der Waals surface area contributed by atoms with Crippen LogP contribution >= 0.6 is 0 Å². The molecular weight excluding hydrogens is 318 g/mol. The third-order valence-electron chi connectivity index (χ3n) is 4.92. The Morgan fingerprint density at radius 3 is 2.43 bits per heavy atom. The standard InChI is InChI=1S/C15H29N3O4S/c1-4-5-13-10-17(12(2)19)11-15(13)16-23(20,21)18-8-6-14(22-3)7-9-18/h13-16H,4-11H2,1-3H3/t13-,15-/m0/s1. The molecule has 0 aromatic rings. The summed E-state index contributed by atoms with van der Waals surface area (Å²) >= 11 is 0. The predicted octanol–water partition coefficient (Wildman–Crippen LogP) is 0.579. The van der Waals surface area contributed by atoms with Gasteiger partial charge in [0.1, 0.15) is 0 Å². The Hall–Kier alpha value is -0.700. The lowest BCUT2D eigenvalue weighted by atomic mass is 9.99. The van der Waals surface area contributed by atoms with Crippen molar-refractivity contribution in [2.45, 2.75) is 51.7 Å². The fraction of sp³-hybridized carbons (Fsp3) is 0.933. The number of likely N-dealkylation sites (tertiary alicyclic amines) is 1. The van der Waals surface area contributed by atoms with E-state index in [1.165, 1.54) is 11.2 Å². The fourth-order valence-corrected chi connectivity index (χ4v) is 4.99. The van der Waals surface area contributed by atoms with Gasteiger partial charge in [-0.05, 0) is 25.2 Å². The Balaban J connectivity index is 1.99. The van der Waals surface area contributed by atoms with Crippen LogP contribution in [0, 0.1) is 5.92 Å². The quantitative estimate of drug-likeness (QED) is 0.762. The third-order valence-corrected chi connectivity index (χ3v) is 6.57. The van der Waals surface area contributed by atoms with E-state index in [0.29, 0.717) is 26.2 Å². The number of nitrogens with zero attached hydrogens (tertiary/aromatic N) is 2. The van der Waals surface area contributed by atoms with Crippen molar-refractivity contribution in [3.8, 4) is 0 Å². The van der Waals surface area contributed by atoms with Crippen molar-refractivity contribution >= 4 is 16.1 Å². The molecule has 1 amide bonds. The molecule has 8 heteroatoms. The van der Waals surface area contributed by atoms with Gasteiger partial charge >= 0.3 is 0 Å². The molecule has 1 N–H and O–H groups in total. The average Bonchev–Trinajstić information content (AvgIpc) is 2.90. The maximum atomic E-state index is 12.6. The van der Waals surface area contributed by atoms with Gasteiger partial charge in [-0.3, -0.25) is 4.79 Å². The monoisotopic (exact) mass is 347 g/mol. The molecule has 0 spiro atoms.